The van der Waals surface area contributed by atoms with Crippen LogP contribution >= 0.6 is 0 Å². The van der Waals surface area contributed by atoms with Gasteiger partial charge in [-0.2, -0.15) is 0 Å². The Bertz CT molecular complexity index is 795. The Morgan fingerprint density at radius 2 is 1.84 bits per heavy atom. The molecule has 31 heavy (non-hydrogen) atoms. The lowest BCUT2D eigenvalue weighted by Gasteiger charge is -2.38. The van der Waals surface area contributed by atoms with Crippen molar-refractivity contribution in [2.24, 2.45) is 5.92 Å². The van der Waals surface area contributed by atoms with Crippen LogP contribution in [0.15, 0.2) is 24.5 Å². The number of benzene rings is 1. The van der Waals surface area contributed by atoms with E-state index >= 15 is 0 Å². The van der Waals surface area contributed by atoms with E-state index in [4.69, 9.17) is 4.43 Å². The summed E-state index contributed by atoms with van der Waals surface area (Å²) < 4.78 is 6.27. The maximum atomic E-state index is 13.1. The van der Waals surface area contributed by atoms with Crippen LogP contribution in [-0.4, -0.2) is 35.9 Å². The molecule has 1 aromatic rings. The van der Waals surface area contributed by atoms with E-state index in [2.05, 4.69) is 47.7 Å². The van der Waals surface area contributed by atoms with E-state index in [0.717, 1.165) is 29.5 Å². The molecule has 0 saturated carbocycles. The smallest absolute Gasteiger partial charge is 0.249 e. The number of amides is 1. The third-order valence-electron chi connectivity index (χ3n) is 6.76. The van der Waals surface area contributed by atoms with E-state index in [9.17, 15) is 15.0 Å². The second-order valence-electron chi connectivity index (χ2n) is 10.6. The normalized spacial score (nSPS) is 17.4. The molecule has 174 valence electrons. The van der Waals surface area contributed by atoms with Gasteiger partial charge >= 0.3 is 0 Å². The molecule has 1 aliphatic rings. The lowest BCUT2D eigenvalue weighted by molar-refractivity contribution is -0.133. The number of carbonyl (C=O) groups is 1. The minimum absolute atomic E-state index is 0.0919. The van der Waals surface area contributed by atoms with E-state index in [-0.39, 0.29) is 30.2 Å². The largest absolute Gasteiger partial charge is 0.549 e. The molecule has 0 aromatic heterocycles. The van der Waals surface area contributed by atoms with Gasteiger partial charge < -0.3 is 19.5 Å². The van der Waals surface area contributed by atoms with Crippen molar-refractivity contribution in [1.82, 2.24) is 4.90 Å². The molecule has 0 radical (unpaired) electrons. The molecule has 0 fully saturated rings. The number of aliphatic hydroxyl groups is 2. The van der Waals surface area contributed by atoms with Crippen molar-refractivity contribution in [1.29, 1.82) is 0 Å². The molecule has 1 heterocycles. The number of hydrogen-bond donors (Lipinski definition) is 2. The second-order valence-corrected chi connectivity index (χ2v) is 15.3. The number of hydrogen-bond acceptors (Lipinski definition) is 4. The summed E-state index contributed by atoms with van der Waals surface area (Å²) in [5, 5.41) is 19.6. The van der Waals surface area contributed by atoms with Gasteiger partial charge in [-0.25, -0.2) is 0 Å². The predicted octanol–water partition coefficient (Wildman–Crippen LogP) is 5.07. The van der Waals surface area contributed by atoms with Gasteiger partial charge in [-0.05, 0) is 65.2 Å². The minimum atomic E-state index is -1.96. The molecule has 6 heteroatoms. The molecular formula is C25H41NO4Si. The first-order chi connectivity index (χ1) is 14.4. The van der Waals surface area contributed by atoms with Crippen molar-refractivity contribution in [2.75, 3.05) is 6.54 Å². The van der Waals surface area contributed by atoms with Crippen LogP contribution in [0.1, 0.15) is 75.8 Å². The fraction of sp³-hybridized carbons (Fsp3) is 0.640. The van der Waals surface area contributed by atoms with Gasteiger partial charge in [0.2, 0.25) is 14.2 Å². The molecule has 0 saturated heterocycles. The van der Waals surface area contributed by atoms with Gasteiger partial charge in [0.25, 0.3) is 0 Å². The van der Waals surface area contributed by atoms with Gasteiger partial charge in [0.05, 0.1) is 25.5 Å². The Morgan fingerprint density at radius 3 is 2.39 bits per heavy atom. The zero-order valence-corrected chi connectivity index (χ0v) is 21.4. The first-order valence-corrected chi connectivity index (χ1v) is 14.3. The van der Waals surface area contributed by atoms with Crippen LogP contribution in [0.5, 0.6) is 0 Å². The van der Waals surface area contributed by atoms with Crippen molar-refractivity contribution in [3.8, 4) is 0 Å². The lowest BCUT2D eigenvalue weighted by Crippen LogP contribution is -2.40. The van der Waals surface area contributed by atoms with Crippen LogP contribution in [-0.2, 0) is 28.9 Å². The molecule has 1 atom stereocenters. The van der Waals surface area contributed by atoms with Crippen LogP contribution in [0, 0.1) is 5.92 Å². The molecule has 0 unspecified atom stereocenters. The van der Waals surface area contributed by atoms with Gasteiger partial charge in [-0.3, -0.25) is 4.79 Å². The van der Waals surface area contributed by atoms with Crippen LogP contribution in [0.3, 0.4) is 0 Å². The van der Waals surface area contributed by atoms with Crippen LogP contribution in [0.25, 0.3) is 0 Å². The fourth-order valence-corrected chi connectivity index (χ4v) is 4.37. The molecular weight excluding hydrogens is 406 g/mol. The number of fused-ring (bicyclic) bond motifs is 1. The third-order valence-corrected chi connectivity index (χ3v) is 11.1. The average molecular weight is 448 g/mol. The van der Waals surface area contributed by atoms with E-state index in [1.54, 1.807) is 6.26 Å². The second kappa shape index (κ2) is 10.3. The van der Waals surface area contributed by atoms with Crippen LogP contribution < -0.4 is 0 Å². The average Bonchev–Trinajstić information content (AvgIpc) is 2.69. The minimum Gasteiger partial charge on any atom is -0.549 e. The molecule has 0 aliphatic carbocycles. The lowest BCUT2D eigenvalue weighted by atomic mass is 9.88. The number of aliphatic hydroxyl groups excluding tert-OH is 2. The van der Waals surface area contributed by atoms with Crippen molar-refractivity contribution < 1.29 is 19.4 Å². The molecule has 1 aliphatic heterocycles. The van der Waals surface area contributed by atoms with Crippen LogP contribution in [0.2, 0.25) is 18.1 Å². The molecule has 5 nitrogen and oxygen atoms in total. The molecule has 0 spiro atoms. The van der Waals surface area contributed by atoms with E-state index in [1.807, 2.05) is 23.1 Å². The van der Waals surface area contributed by atoms with Gasteiger partial charge in [0.15, 0.2) is 0 Å². The fourth-order valence-electron chi connectivity index (χ4n) is 3.60. The topological polar surface area (TPSA) is 70.0 Å². The summed E-state index contributed by atoms with van der Waals surface area (Å²) >= 11 is 0. The van der Waals surface area contributed by atoms with Gasteiger partial charge in [0, 0.05) is 13.0 Å². The molecule has 0 bridgehead atoms. The van der Waals surface area contributed by atoms with Crippen molar-refractivity contribution in [2.45, 2.75) is 91.3 Å². The van der Waals surface area contributed by atoms with E-state index in [1.165, 1.54) is 0 Å². The van der Waals surface area contributed by atoms with Gasteiger partial charge in [-0.15, -0.1) is 0 Å². The first kappa shape index (κ1) is 25.6. The maximum absolute atomic E-state index is 13.1. The molecule has 2 rings (SSSR count). The van der Waals surface area contributed by atoms with Crippen LogP contribution in [0.4, 0.5) is 0 Å². The quantitative estimate of drug-likeness (QED) is 0.431. The highest BCUT2D eigenvalue weighted by Crippen LogP contribution is 2.38. The summed E-state index contributed by atoms with van der Waals surface area (Å²) in [5.74, 6) is 0.628. The Labute approximate surface area is 189 Å². The molecule has 1 aromatic carbocycles. The standard InChI is InChI=1S/C25H41NO4Si/c1-18(2)8-9-24(29)26-12-10-19-14-20(16-27)21(17-28)15-22(19)23(26)11-13-30-31(6,7)25(3,4)5/h11,13-15,18,23,27-28H,8-10,12,16-17H2,1-7H3/b13-11+/t23-/m1/s1. The summed E-state index contributed by atoms with van der Waals surface area (Å²) in [6, 6.07) is 3.70. The summed E-state index contributed by atoms with van der Waals surface area (Å²) in [4.78, 5) is 15.0. The first-order valence-electron chi connectivity index (χ1n) is 11.4. The number of nitrogens with zero attached hydrogens (tertiary/aromatic N) is 1. The molecule has 1 amide bonds. The Hall–Kier alpha value is -1.63. The van der Waals surface area contributed by atoms with Gasteiger partial charge in [0.1, 0.15) is 0 Å². The van der Waals surface area contributed by atoms with E-state index < -0.39 is 8.32 Å². The Balaban J connectivity index is 2.40. The predicted molar refractivity (Wildman–Crippen MR) is 128 cm³/mol. The zero-order chi connectivity index (χ0) is 23.4. The van der Waals surface area contributed by atoms with E-state index in [0.29, 0.717) is 24.4 Å². The maximum Gasteiger partial charge on any atom is 0.249 e. The Kier molecular flexibility index (Phi) is 8.53. The highest BCUT2D eigenvalue weighted by atomic mass is 28.4. The summed E-state index contributed by atoms with van der Waals surface area (Å²) in [7, 11) is -1.96. The monoisotopic (exact) mass is 447 g/mol. The SMILES string of the molecule is CC(C)CCC(=O)N1CCc2cc(CO)c(CO)cc2[C@H]1/C=C/O[Si](C)(C)C(C)(C)C. The third kappa shape index (κ3) is 6.21. The summed E-state index contributed by atoms with van der Waals surface area (Å²) in [6.07, 6.45) is 5.92. The summed E-state index contributed by atoms with van der Waals surface area (Å²) in [5.41, 5.74) is 3.60. The highest BCUT2D eigenvalue weighted by Gasteiger charge is 2.38. The number of rotatable bonds is 8. The number of carbonyl (C=O) groups excluding carboxylic acids is 1. The summed E-state index contributed by atoms with van der Waals surface area (Å²) in [6.45, 7) is 15.7. The van der Waals surface area contributed by atoms with Crippen molar-refractivity contribution >= 4 is 14.2 Å². The van der Waals surface area contributed by atoms with Gasteiger partial charge in [-0.1, -0.05) is 46.8 Å². The highest BCUT2D eigenvalue weighted by molar-refractivity contribution is 6.74. The van der Waals surface area contributed by atoms with Crippen molar-refractivity contribution in [3.05, 3.63) is 46.7 Å². The molecule has 2 N–H and O–H groups in total. The Morgan fingerprint density at radius 1 is 1.23 bits per heavy atom. The zero-order valence-electron chi connectivity index (χ0n) is 20.4. The van der Waals surface area contributed by atoms with Crippen molar-refractivity contribution in [3.63, 3.8) is 0 Å².